The van der Waals surface area contributed by atoms with E-state index >= 15 is 0 Å². The van der Waals surface area contributed by atoms with Crippen molar-refractivity contribution in [2.75, 3.05) is 61.0 Å². The Hall–Kier alpha value is -4.49. The van der Waals surface area contributed by atoms with Gasteiger partial charge < -0.3 is 66.6 Å². The van der Waals surface area contributed by atoms with Gasteiger partial charge in [-0.1, -0.05) is 52.1 Å². The zero-order chi connectivity index (χ0) is 53.2. The van der Waals surface area contributed by atoms with E-state index in [4.69, 9.17) is 36.1 Å². The zero-order valence-electron chi connectivity index (χ0n) is 33.8. The van der Waals surface area contributed by atoms with Gasteiger partial charge >= 0.3 is 63.3 Å². The minimum absolute atomic E-state index is 0. The molecule has 0 radical (unpaired) electrons. The Morgan fingerprint density at radius 3 is 1.28 bits per heavy atom. The van der Waals surface area contributed by atoms with Gasteiger partial charge in [0.05, 0.1) is 12.7 Å². The van der Waals surface area contributed by atoms with Crippen LogP contribution in [0, 0.1) is 102 Å². The molecule has 1 rings (SSSR count). The molecule has 69 heavy (non-hydrogen) atoms. The molecule has 46 heteroatoms. The number of thiol groups is 1. The topological polar surface area (TPSA) is 561 Å². The van der Waals surface area contributed by atoms with Gasteiger partial charge in [0.2, 0.25) is 0 Å². The van der Waals surface area contributed by atoms with Crippen LogP contribution in [0.1, 0.15) is 28.7 Å². The van der Waals surface area contributed by atoms with Crippen molar-refractivity contribution in [2.45, 2.75) is 58.4 Å². The molecule has 1 saturated heterocycles. The van der Waals surface area contributed by atoms with Crippen molar-refractivity contribution in [3.05, 3.63) is 80.9 Å². The van der Waals surface area contributed by atoms with Crippen molar-refractivity contribution in [3.63, 3.8) is 0 Å². The second-order valence-electron chi connectivity index (χ2n) is 9.03. The summed E-state index contributed by atoms with van der Waals surface area (Å²) in [6, 6.07) is 0. The molecule has 39 nitrogen and oxygen atoms in total. The summed E-state index contributed by atoms with van der Waals surface area (Å²) in [7, 11) is 0. The van der Waals surface area contributed by atoms with Gasteiger partial charge in [-0.25, -0.2) is 5.26 Å². The summed E-state index contributed by atoms with van der Waals surface area (Å²) in [6.07, 6.45) is -3.70. The van der Waals surface area contributed by atoms with Crippen LogP contribution in [0.3, 0.4) is 0 Å². The molecule has 1 aliphatic heterocycles. The monoisotopic (exact) mass is 1250 g/mol. The summed E-state index contributed by atoms with van der Waals surface area (Å²) < 4.78 is 3.97. The van der Waals surface area contributed by atoms with Gasteiger partial charge in [-0.15, -0.1) is 80.9 Å². The van der Waals surface area contributed by atoms with E-state index in [9.17, 15) is 80.4 Å². The molecule has 1 aliphatic rings. The molecule has 0 amide bonds. The number of alkyl halides is 2. The fraction of sp³-hybridized carbons (Fsp3) is 0.826. The van der Waals surface area contributed by atoms with Crippen molar-refractivity contribution >= 4 is 92.6 Å². The van der Waals surface area contributed by atoms with E-state index in [1.807, 2.05) is 0 Å². The number of nitrogens with zero attached hydrogens (tertiary/aromatic N) is 10. The van der Waals surface area contributed by atoms with Gasteiger partial charge in [-0.3, -0.25) is 9.59 Å². The van der Waals surface area contributed by atoms with Gasteiger partial charge in [-0.05, 0) is 11.8 Å². The molecule has 0 aromatic heterocycles. The second-order valence-corrected chi connectivity index (χ2v) is 13.0. The Labute approximate surface area is 465 Å². The molecule has 3 N–H and O–H groups in total. The van der Waals surface area contributed by atoms with E-state index in [0.717, 1.165) is 5.75 Å². The number of hydrogen-bond acceptors (Lipinski definition) is 34. The number of aliphatic hydroxyl groups is 2. The van der Waals surface area contributed by atoms with Gasteiger partial charge in [-0.2, -0.15) is 29.7 Å². The largest absolute Gasteiger partial charge is 1.00 e. The van der Waals surface area contributed by atoms with E-state index in [1.165, 1.54) is 19.2 Å². The third kappa shape index (κ3) is 111. The first kappa shape index (κ1) is 87.6. The maximum atomic E-state index is 9.88. The number of carbonyl (C=O) groups is 2. The molecule has 0 spiro atoms. The normalized spacial score (nSPS) is 11.7. The van der Waals surface area contributed by atoms with Crippen LogP contribution in [0.25, 0.3) is 0 Å². The van der Waals surface area contributed by atoms with Gasteiger partial charge in [0.15, 0.2) is 0 Å². The van der Waals surface area contributed by atoms with E-state index in [0.29, 0.717) is 22.3 Å². The molecule has 0 bridgehead atoms. The summed E-state index contributed by atoms with van der Waals surface area (Å²) in [4.78, 5) is 124. The molecule has 0 aliphatic carbocycles. The molecule has 0 saturated carbocycles. The van der Waals surface area contributed by atoms with Crippen molar-refractivity contribution in [3.8, 4) is 10.8 Å². The number of carbonyl (C=O) groups excluding carboxylic acids is 2. The predicted octanol–water partition coefficient (Wildman–Crippen LogP) is -2.06. The molecule has 1 fully saturated rings. The fourth-order valence-corrected chi connectivity index (χ4v) is 3.30. The molecule has 0 aromatic carbocycles. The van der Waals surface area contributed by atoms with Crippen LogP contribution in [0.2, 0.25) is 0 Å². The first-order valence-corrected chi connectivity index (χ1v) is 20.6. The number of ether oxygens (including phenoxy) is 1. The maximum absolute atomic E-state index is 9.88. The smallest absolute Gasteiger partial charge is 0.696 e. The Bertz CT molecular complexity index is 1450. The number of nitriles is 2. The van der Waals surface area contributed by atoms with Crippen LogP contribution < -0.4 is 51.4 Å². The summed E-state index contributed by atoms with van der Waals surface area (Å²) >= 11 is 15.6. The van der Waals surface area contributed by atoms with Crippen LogP contribution in [-0.4, -0.2) is 159 Å². The number of halogens is 2. The second kappa shape index (κ2) is 63.5. The maximum Gasteiger partial charge on any atom is 1.00 e. The number of esters is 2. The van der Waals surface area contributed by atoms with E-state index < -0.39 is 96.9 Å². The van der Waals surface area contributed by atoms with E-state index in [1.54, 1.807) is 17.2 Å². The Morgan fingerprint density at radius 2 is 1.06 bits per heavy atom. The molecular weight excluding hydrogens is 1210 g/mol. The minimum atomic E-state index is -1.50. The summed E-state index contributed by atoms with van der Waals surface area (Å²) in [5.74, 6) is -0.228. The fourth-order valence-electron chi connectivity index (χ4n) is 1.82. The van der Waals surface area contributed by atoms with Crippen LogP contribution in [0.4, 0.5) is 0 Å². The summed E-state index contributed by atoms with van der Waals surface area (Å²) in [5, 5.41) is 110. The third-order valence-corrected chi connectivity index (χ3v) is 7.44. The number of rotatable bonds is 24. The van der Waals surface area contributed by atoms with Crippen molar-refractivity contribution in [2.24, 2.45) is 0 Å². The number of aliphatic hydroxyl groups excluding tert-OH is 2. The molecule has 5 unspecified atom stereocenters. The molecule has 1 heterocycles. The van der Waals surface area contributed by atoms with E-state index in [-0.39, 0.29) is 96.3 Å². The van der Waals surface area contributed by atoms with E-state index in [2.05, 4.69) is 95.7 Å². The number of thioether (sulfide) groups is 2. The minimum Gasteiger partial charge on any atom is -0.696 e. The molecule has 398 valence electrons. The zero-order valence-corrected chi connectivity index (χ0v) is 43.5. The van der Waals surface area contributed by atoms with Gasteiger partial charge in [0.1, 0.15) is 50.1 Å². The van der Waals surface area contributed by atoms with Crippen molar-refractivity contribution in [1.29, 1.82) is 10.5 Å². The third-order valence-electron chi connectivity index (χ3n) is 3.96. The average Bonchev–Trinajstić information content (AvgIpc) is 4.03. The Balaban J connectivity index is -0.0000000742. The molecular formula is C23H43Br2KN10O29S4. The standard InChI is InChI=1S/C4H5N3O6S.C4H6O3.C3H5BrN2O6.C3H7BrO2.C3H6N2O6S.C3H5NO3S.CHNS.2CH4.K.HNO3/c5-3-14-2-4(13-7(10)11)1-12-6(8)9;1-3(5)7-4(2)6;4-1-3(12-6(9)10)2-11-5(7)8;4-1-3(6)2-5;6-4(7)10-1-3(2-12)11-5(8)9;5-4(6)7-1-3-2-8-3;2-1-3;;;;2-1(3)4/h4H,1-2H2;1-2H3;3H,1-2H2;3,5-6H,1-2H2;3,12H,1-2H2;3H,1-2H2;3H;2*1H4;;(H,2,3,4)/q;;;;;;;;;+1;/p-1. The first-order chi connectivity index (χ1) is 30.5. The number of hydrogen-bond donors (Lipinski definition) is 4. The number of thiocyanates is 2. The first-order valence-electron chi connectivity index (χ1n) is 15.3. The average molecular weight is 1250 g/mol. The Morgan fingerprint density at radius 1 is 0.739 bits per heavy atom. The molecule has 0 aromatic rings. The van der Waals surface area contributed by atoms with Crippen molar-refractivity contribution < 1.29 is 156 Å². The van der Waals surface area contributed by atoms with Gasteiger partial charge in [0.25, 0.3) is 40.7 Å². The quantitative estimate of drug-likeness (QED) is 0.00771. The molecule has 5 atom stereocenters. The van der Waals surface area contributed by atoms with Crippen LogP contribution in [0.5, 0.6) is 0 Å². The van der Waals surface area contributed by atoms with Crippen molar-refractivity contribution in [1.82, 2.24) is 0 Å². The SMILES string of the molecule is C.C.CC(=O)OC(C)=O.N#CSCC(CO[N+](=O)[O-])O[N+](=O)[O-].N#C[S-].O=[N+]([O-])O.O=[N+]([O-])OCC(CBr)O[N+](=O)[O-].O=[N+]([O-])OCC(CS)O[N+](=O)[O-].O=[N+]([O-])OCC1CS1.OCC(O)CBr.[K+]. The van der Waals surface area contributed by atoms with Crippen LogP contribution >= 0.6 is 68.0 Å². The van der Waals surface area contributed by atoms with Crippen LogP contribution in [-0.2, 0) is 60.8 Å². The van der Waals surface area contributed by atoms with Crippen LogP contribution in [0.15, 0.2) is 0 Å². The summed E-state index contributed by atoms with van der Waals surface area (Å²) in [6.45, 7) is 0.908. The Kier molecular flexibility index (Phi) is 80.6. The summed E-state index contributed by atoms with van der Waals surface area (Å²) in [5.41, 5.74) is 0. The predicted molar refractivity (Wildman–Crippen MR) is 234 cm³/mol. The van der Waals surface area contributed by atoms with Gasteiger partial charge in [0, 0.05) is 47.0 Å².